The maximum Gasteiger partial charge on any atom is 0.166 e. The molecule has 3 aromatic carbocycles. The number of rotatable bonds is 6. The zero-order chi connectivity index (χ0) is 23.4. The van der Waals surface area contributed by atoms with Crippen LogP contribution < -0.4 is 0 Å². The summed E-state index contributed by atoms with van der Waals surface area (Å²) >= 11 is 0. The number of halogens is 3. The normalized spacial score (nSPS) is 18.7. The smallest absolute Gasteiger partial charge is 0.166 e. The van der Waals surface area contributed by atoms with Crippen LogP contribution in [0.25, 0.3) is 23.3 Å². The molecule has 1 aliphatic carbocycles. The van der Waals surface area contributed by atoms with Crippen molar-refractivity contribution in [3.8, 4) is 11.1 Å². The molecule has 0 amide bonds. The Kier molecular flexibility index (Phi) is 7.37. The molecule has 172 valence electrons. The van der Waals surface area contributed by atoms with Gasteiger partial charge in [0.25, 0.3) is 0 Å². The molecule has 1 saturated carbocycles. The monoisotopic (exact) mass is 448 g/mol. The fourth-order valence-corrected chi connectivity index (χ4v) is 5.00. The summed E-state index contributed by atoms with van der Waals surface area (Å²) in [5, 5.41) is 0. The lowest BCUT2D eigenvalue weighted by molar-refractivity contribution is 0.303. The highest BCUT2D eigenvalue weighted by atomic mass is 19.2. The van der Waals surface area contributed by atoms with Crippen LogP contribution in [-0.4, -0.2) is 0 Å². The van der Waals surface area contributed by atoms with Crippen molar-refractivity contribution >= 4 is 12.2 Å². The van der Waals surface area contributed by atoms with Crippen molar-refractivity contribution < 1.29 is 13.2 Å². The predicted octanol–water partition coefficient (Wildman–Crippen LogP) is 9.32. The second kappa shape index (κ2) is 10.4. The third-order valence-electron chi connectivity index (χ3n) is 6.93. The van der Waals surface area contributed by atoms with Gasteiger partial charge in [0.2, 0.25) is 0 Å². The van der Waals surface area contributed by atoms with E-state index >= 15 is 8.78 Å². The first-order chi connectivity index (χ1) is 16.0. The van der Waals surface area contributed by atoms with E-state index in [4.69, 9.17) is 0 Å². The molecule has 1 fully saturated rings. The van der Waals surface area contributed by atoms with Gasteiger partial charge >= 0.3 is 0 Å². The van der Waals surface area contributed by atoms with Gasteiger partial charge in [-0.2, -0.15) is 0 Å². The second-order valence-electron chi connectivity index (χ2n) is 9.32. The van der Waals surface area contributed by atoms with Gasteiger partial charge in [-0.3, -0.25) is 0 Å². The predicted molar refractivity (Wildman–Crippen MR) is 131 cm³/mol. The van der Waals surface area contributed by atoms with E-state index in [-0.39, 0.29) is 17.3 Å². The van der Waals surface area contributed by atoms with Crippen LogP contribution in [0.1, 0.15) is 73.6 Å². The molecule has 0 aliphatic heterocycles. The van der Waals surface area contributed by atoms with Crippen LogP contribution in [0.5, 0.6) is 0 Å². The minimum Gasteiger partial charge on any atom is -0.206 e. The Morgan fingerprint density at radius 1 is 0.818 bits per heavy atom. The average Bonchev–Trinajstić information content (AvgIpc) is 2.82. The lowest BCUT2D eigenvalue weighted by Crippen LogP contribution is -2.14. The van der Waals surface area contributed by atoms with Gasteiger partial charge in [0.1, 0.15) is 5.82 Å². The van der Waals surface area contributed by atoms with Crippen molar-refractivity contribution in [1.29, 1.82) is 0 Å². The van der Waals surface area contributed by atoms with Crippen molar-refractivity contribution in [2.45, 2.75) is 58.3 Å². The molecule has 0 nitrogen and oxygen atoms in total. The van der Waals surface area contributed by atoms with E-state index in [2.05, 4.69) is 6.92 Å². The van der Waals surface area contributed by atoms with Crippen molar-refractivity contribution in [2.24, 2.45) is 5.92 Å². The molecular weight excluding hydrogens is 417 g/mol. The van der Waals surface area contributed by atoms with Crippen LogP contribution in [0, 0.1) is 30.3 Å². The Morgan fingerprint density at radius 3 is 2.21 bits per heavy atom. The maximum atomic E-state index is 15.0. The highest BCUT2D eigenvalue weighted by Crippen LogP contribution is 2.40. The third kappa shape index (κ3) is 5.40. The van der Waals surface area contributed by atoms with Crippen molar-refractivity contribution in [2.75, 3.05) is 0 Å². The first-order valence-electron chi connectivity index (χ1n) is 12.0. The van der Waals surface area contributed by atoms with Crippen LogP contribution in [0.15, 0.2) is 54.6 Å². The summed E-state index contributed by atoms with van der Waals surface area (Å²) in [7, 11) is 0. The Morgan fingerprint density at radius 2 is 1.55 bits per heavy atom. The maximum absolute atomic E-state index is 15.0. The lowest BCUT2D eigenvalue weighted by atomic mass is 9.77. The summed E-state index contributed by atoms with van der Waals surface area (Å²) < 4.78 is 44.0. The molecule has 3 aromatic rings. The van der Waals surface area contributed by atoms with Gasteiger partial charge in [-0.05, 0) is 72.8 Å². The van der Waals surface area contributed by atoms with Crippen molar-refractivity contribution in [3.63, 3.8) is 0 Å². The number of benzene rings is 3. The van der Waals surface area contributed by atoms with Gasteiger partial charge in [0, 0.05) is 11.1 Å². The van der Waals surface area contributed by atoms with E-state index in [1.807, 2.05) is 31.2 Å². The Hall–Kier alpha value is -2.81. The third-order valence-corrected chi connectivity index (χ3v) is 6.93. The summed E-state index contributed by atoms with van der Waals surface area (Å²) in [5.41, 5.74) is 3.67. The first kappa shape index (κ1) is 23.4. The summed E-state index contributed by atoms with van der Waals surface area (Å²) in [6, 6.07) is 15.8. The van der Waals surface area contributed by atoms with Gasteiger partial charge in [-0.1, -0.05) is 80.4 Å². The molecule has 0 unspecified atom stereocenters. The SMILES string of the molecule is CCCC1CCC(c2ccc(-c3ccc(/C=C/c4ccc(C)cc4F)cc3)c(F)c2F)CC1. The van der Waals surface area contributed by atoms with Gasteiger partial charge < -0.3 is 0 Å². The molecule has 0 spiro atoms. The van der Waals surface area contributed by atoms with E-state index < -0.39 is 11.6 Å². The van der Waals surface area contributed by atoms with Gasteiger partial charge in [0.15, 0.2) is 11.6 Å². The number of hydrogen-bond donors (Lipinski definition) is 0. The summed E-state index contributed by atoms with van der Waals surface area (Å²) in [6.07, 6.45) is 10.0. The highest BCUT2D eigenvalue weighted by Gasteiger charge is 2.26. The van der Waals surface area contributed by atoms with E-state index in [0.29, 0.717) is 16.7 Å². The van der Waals surface area contributed by atoms with Crippen LogP contribution >= 0.6 is 0 Å². The van der Waals surface area contributed by atoms with Crippen LogP contribution in [-0.2, 0) is 0 Å². The molecule has 0 atom stereocenters. The molecule has 33 heavy (non-hydrogen) atoms. The van der Waals surface area contributed by atoms with Gasteiger partial charge in [-0.25, -0.2) is 13.2 Å². The standard InChI is InChI=1S/C30H31F3/c1-3-4-21-6-12-23(13-7-21)26-17-18-27(30(33)29(26)32)24-14-8-22(9-15-24)10-16-25-11-5-20(2)19-28(25)31/h5,8-11,14-19,21,23H,3-4,6-7,12-13H2,1-2H3/b16-10+. The van der Waals surface area contributed by atoms with E-state index in [1.54, 1.807) is 36.4 Å². The van der Waals surface area contributed by atoms with E-state index in [1.165, 1.54) is 18.9 Å². The zero-order valence-corrected chi connectivity index (χ0v) is 19.4. The molecular formula is C30H31F3. The van der Waals surface area contributed by atoms with Crippen LogP contribution in [0.4, 0.5) is 13.2 Å². The topological polar surface area (TPSA) is 0 Å². The van der Waals surface area contributed by atoms with Crippen LogP contribution in [0.3, 0.4) is 0 Å². The summed E-state index contributed by atoms with van der Waals surface area (Å²) in [5.74, 6) is -0.900. The fraction of sp³-hybridized carbons (Fsp3) is 0.333. The molecule has 0 bridgehead atoms. The highest BCUT2D eigenvalue weighted by molar-refractivity contribution is 5.72. The van der Waals surface area contributed by atoms with Gasteiger partial charge in [-0.15, -0.1) is 0 Å². The average molecular weight is 449 g/mol. The Labute approximate surface area is 195 Å². The molecule has 1 aliphatic rings. The quantitative estimate of drug-likeness (QED) is 0.330. The molecule has 0 saturated heterocycles. The fourth-order valence-electron chi connectivity index (χ4n) is 5.00. The number of hydrogen-bond acceptors (Lipinski definition) is 0. The van der Waals surface area contributed by atoms with E-state index in [0.717, 1.165) is 42.7 Å². The summed E-state index contributed by atoms with van der Waals surface area (Å²) in [4.78, 5) is 0. The van der Waals surface area contributed by atoms with Gasteiger partial charge in [0.05, 0.1) is 0 Å². The van der Waals surface area contributed by atoms with Crippen LogP contribution in [0.2, 0.25) is 0 Å². The molecule has 0 aromatic heterocycles. The molecule has 0 heterocycles. The van der Waals surface area contributed by atoms with Crippen molar-refractivity contribution in [3.05, 3.63) is 94.3 Å². The molecule has 3 heteroatoms. The number of aryl methyl sites for hydroxylation is 1. The second-order valence-corrected chi connectivity index (χ2v) is 9.32. The molecule has 0 N–H and O–H groups in total. The lowest BCUT2D eigenvalue weighted by Gasteiger charge is -2.29. The Balaban J connectivity index is 1.49. The Bertz CT molecular complexity index is 1120. The summed E-state index contributed by atoms with van der Waals surface area (Å²) in [6.45, 7) is 4.05. The molecule has 0 radical (unpaired) electrons. The molecule has 4 rings (SSSR count). The minimum atomic E-state index is -0.770. The first-order valence-corrected chi connectivity index (χ1v) is 12.0. The van der Waals surface area contributed by atoms with Crippen molar-refractivity contribution in [1.82, 2.24) is 0 Å². The zero-order valence-electron chi connectivity index (χ0n) is 19.4. The largest absolute Gasteiger partial charge is 0.206 e. The van der Waals surface area contributed by atoms with E-state index in [9.17, 15) is 4.39 Å². The minimum absolute atomic E-state index is 0.108.